The van der Waals surface area contributed by atoms with Crippen molar-refractivity contribution in [2.45, 2.75) is 39.8 Å². The fraction of sp³-hybridized carbons (Fsp3) is 0.500. The topological polar surface area (TPSA) is 63.8 Å². The van der Waals surface area contributed by atoms with E-state index in [4.69, 9.17) is 5.73 Å². The van der Waals surface area contributed by atoms with E-state index in [1.165, 1.54) is 16.2 Å². The lowest BCUT2D eigenvalue weighted by atomic mass is 10.1. The highest BCUT2D eigenvalue weighted by atomic mass is 32.1. The number of aryl methyl sites for hydroxylation is 2. The van der Waals surface area contributed by atoms with Gasteiger partial charge < -0.3 is 11.1 Å². The van der Waals surface area contributed by atoms with Crippen LogP contribution in [0.4, 0.5) is 5.13 Å². The minimum absolute atomic E-state index is 0.136. The molecule has 2 aromatic heterocycles. The van der Waals surface area contributed by atoms with Gasteiger partial charge in [-0.05, 0) is 27.7 Å². The van der Waals surface area contributed by atoms with Crippen LogP contribution < -0.4 is 11.1 Å². The van der Waals surface area contributed by atoms with E-state index in [1.807, 2.05) is 6.20 Å². The molecule has 0 saturated carbocycles. The zero-order valence-electron chi connectivity index (χ0n) is 11.1. The Bertz CT molecular complexity index is 523. The molecule has 18 heavy (non-hydrogen) atoms. The summed E-state index contributed by atoms with van der Waals surface area (Å²) < 4.78 is 0. The van der Waals surface area contributed by atoms with Gasteiger partial charge in [-0.1, -0.05) is 0 Å². The number of nitrogens with one attached hydrogen (secondary N) is 1. The molecule has 0 spiro atoms. The molecular weight excluding hydrogens is 264 g/mol. The highest BCUT2D eigenvalue weighted by Gasteiger charge is 2.24. The van der Waals surface area contributed by atoms with Crippen LogP contribution in [-0.4, -0.2) is 9.97 Å². The Kier molecular flexibility index (Phi) is 3.70. The first kappa shape index (κ1) is 13.5. The molecule has 3 N–H and O–H groups in total. The van der Waals surface area contributed by atoms with Crippen LogP contribution in [0.2, 0.25) is 0 Å². The minimum Gasteiger partial charge on any atom is -0.375 e. The summed E-state index contributed by atoms with van der Waals surface area (Å²) >= 11 is 3.27. The van der Waals surface area contributed by atoms with Crippen molar-refractivity contribution in [2.24, 2.45) is 0 Å². The Hall–Kier alpha value is -0.980. The molecule has 0 amide bonds. The summed E-state index contributed by atoms with van der Waals surface area (Å²) in [5, 5.41) is 5.24. The molecular formula is C12H18N4S2. The van der Waals surface area contributed by atoms with Gasteiger partial charge in [0.25, 0.3) is 0 Å². The average molecular weight is 282 g/mol. The number of rotatable bonds is 4. The van der Waals surface area contributed by atoms with Crippen LogP contribution >= 0.6 is 22.7 Å². The van der Waals surface area contributed by atoms with Gasteiger partial charge in [0, 0.05) is 22.5 Å². The molecule has 4 nitrogen and oxygen atoms in total. The molecule has 0 unspecified atom stereocenters. The minimum atomic E-state index is -0.136. The van der Waals surface area contributed by atoms with Crippen LogP contribution in [0.15, 0.2) is 6.20 Å². The van der Waals surface area contributed by atoms with Gasteiger partial charge in [-0.3, -0.25) is 0 Å². The molecule has 0 radical (unpaired) electrons. The fourth-order valence-electron chi connectivity index (χ4n) is 1.53. The van der Waals surface area contributed by atoms with Crippen molar-refractivity contribution in [2.75, 3.05) is 5.73 Å². The third kappa shape index (κ3) is 2.88. The molecule has 6 heteroatoms. The van der Waals surface area contributed by atoms with E-state index < -0.39 is 0 Å². The highest BCUT2D eigenvalue weighted by molar-refractivity contribution is 7.15. The quantitative estimate of drug-likeness (QED) is 0.905. The summed E-state index contributed by atoms with van der Waals surface area (Å²) in [5.74, 6) is 0. The monoisotopic (exact) mass is 282 g/mol. The van der Waals surface area contributed by atoms with Crippen molar-refractivity contribution in [3.05, 3.63) is 26.7 Å². The van der Waals surface area contributed by atoms with Crippen molar-refractivity contribution >= 4 is 27.8 Å². The first-order valence-corrected chi connectivity index (χ1v) is 7.41. The van der Waals surface area contributed by atoms with Crippen molar-refractivity contribution in [3.8, 4) is 0 Å². The van der Waals surface area contributed by atoms with Gasteiger partial charge in [-0.2, -0.15) is 0 Å². The molecule has 0 aliphatic rings. The van der Waals surface area contributed by atoms with Crippen LogP contribution in [0.1, 0.15) is 34.3 Å². The third-order valence-electron chi connectivity index (χ3n) is 2.84. The Labute approximate surface area is 115 Å². The maximum atomic E-state index is 5.62. The molecule has 2 rings (SSSR count). The Morgan fingerprint density at radius 2 is 2.06 bits per heavy atom. The summed E-state index contributed by atoms with van der Waals surface area (Å²) in [5.41, 5.74) is 6.60. The SMILES string of the molecule is Cc1nc(C(C)(C)NCc2cnc(N)s2)sc1C. The van der Waals surface area contributed by atoms with E-state index in [-0.39, 0.29) is 5.54 Å². The smallest absolute Gasteiger partial charge is 0.180 e. The van der Waals surface area contributed by atoms with Gasteiger partial charge in [0.15, 0.2) is 5.13 Å². The maximum Gasteiger partial charge on any atom is 0.180 e. The normalized spacial score (nSPS) is 12.0. The van der Waals surface area contributed by atoms with Crippen LogP contribution in [0.5, 0.6) is 0 Å². The van der Waals surface area contributed by atoms with E-state index in [0.29, 0.717) is 5.13 Å². The number of nitrogen functional groups attached to an aromatic ring is 1. The molecule has 0 aromatic carbocycles. The van der Waals surface area contributed by atoms with Crippen LogP contribution in [-0.2, 0) is 12.1 Å². The summed E-state index contributed by atoms with van der Waals surface area (Å²) in [6.07, 6.45) is 1.82. The Morgan fingerprint density at radius 1 is 1.33 bits per heavy atom. The third-order valence-corrected chi connectivity index (χ3v) is 5.06. The molecule has 0 bridgehead atoms. The number of anilines is 1. The van der Waals surface area contributed by atoms with Gasteiger partial charge >= 0.3 is 0 Å². The fourth-order valence-corrected chi connectivity index (χ4v) is 3.15. The molecule has 0 aliphatic carbocycles. The van der Waals surface area contributed by atoms with Crippen molar-refractivity contribution in [3.63, 3.8) is 0 Å². The predicted molar refractivity (Wildman–Crippen MR) is 78.0 cm³/mol. The first-order valence-electron chi connectivity index (χ1n) is 5.78. The van der Waals surface area contributed by atoms with Crippen LogP contribution in [0.25, 0.3) is 0 Å². The number of hydrogen-bond donors (Lipinski definition) is 2. The summed E-state index contributed by atoms with van der Waals surface area (Å²) in [4.78, 5) is 11.1. The summed E-state index contributed by atoms with van der Waals surface area (Å²) in [6, 6.07) is 0. The van der Waals surface area contributed by atoms with Gasteiger partial charge in [-0.15, -0.1) is 22.7 Å². The second-order valence-corrected chi connectivity index (χ2v) is 7.15. The van der Waals surface area contributed by atoms with Crippen molar-refractivity contribution in [1.29, 1.82) is 0 Å². The van der Waals surface area contributed by atoms with Crippen molar-refractivity contribution < 1.29 is 0 Å². The lowest BCUT2D eigenvalue weighted by Crippen LogP contribution is -2.35. The van der Waals surface area contributed by atoms with Crippen LogP contribution in [0.3, 0.4) is 0 Å². The molecule has 2 aromatic rings. The average Bonchev–Trinajstić information content (AvgIpc) is 2.84. The Balaban J connectivity index is 2.07. The van der Waals surface area contributed by atoms with Gasteiger partial charge in [0.05, 0.1) is 11.2 Å². The van der Waals surface area contributed by atoms with Crippen LogP contribution in [0, 0.1) is 13.8 Å². The predicted octanol–water partition coefficient (Wildman–Crippen LogP) is 2.82. The van der Waals surface area contributed by atoms with Gasteiger partial charge in [0.2, 0.25) is 0 Å². The largest absolute Gasteiger partial charge is 0.375 e. The van der Waals surface area contributed by atoms with Gasteiger partial charge in [0.1, 0.15) is 5.01 Å². The Morgan fingerprint density at radius 3 is 2.56 bits per heavy atom. The number of aromatic nitrogens is 2. The molecule has 0 fully saturated rings. The van der Waals surface area contributed by atoms with E-state index in [2.05, 4.69) is 43.0 Å². The molecule has 0 aliphatic heterocycles. The standard InChI is InChI=1S/C12H18N4S2/c1-7-8(2)17-10(16-7)12(3,4)15-6-9-5-14-11(13)18-9/h5,15H,6H2,1-4H3,(H2,13,14). The lowest BCUT2D eigenvalue weighted by Gasteiger charge is -2.23. The molecule has 2 heterocycles. The molecule has 98 valence electrons. The summed E-state index contributed by atoms with van der Waals surface area (Å²) in [7, 11) is 0. The van der Waals surface area contributed by atoms with E-state index in [9.17, 15) is 0 Å². The number of nitrogens with two attached hydrogens (primary N) is 1. The second-order valence-electron chi connectivity index (χ2n) is 4.80. The summed E-state index contributed by atoms with van der Waals surface area (Å²) in [6.45, 7) is 9.22. The number of hydrogen-bond acceptors (Lipinski definition) is 6. The first-order chi connectivity index (χ1) is 8.38. The van der Waals surface area contributed by atoms with E-state index >= 15 is 0 Å². The molecule has 0 atom stereocenters. The van der Waals surface area contributed by atoms with Gasteiger partial charge in [-0.25, -0.2) is 9.97 Å². The zero-order chi connectivity index (χ0) is 13.3. The van der Waals surface area contributed by atoms with E-state index in [0.717, 1.165) is 22.1 Å². The maximum absolute atomic E-state index is 5.62. The number of nitrogens with zero attached hydrogens (tertiary/aromatic N) is 2. The lowest BCUT2D eigenvalue weighted by molar-refractivity contribution is 0.400. The second kappa shape index (κ2) is 4.95. The highest BCUT2D eigenvalue weighted by Crippen LogP contribution is 2.28. The zero-order valence-corrected chi connectivity index (χ0v) is 12.7. The van der Waals surface area contributed by atoms with Crippen molar-refractivity contribution in [1.82, 2.24) is 15.3 Å². The van der Waals surface area contributed by atoms with E-state index in [1.54, 1.807) is 11.3 Å². The number of thiazole rings is 2. The molecule has 0 saturated heterocycles.